The molecule has 0 aliphatic heterocycles. The van der Waals surface area contributed by atoms with Crippen LogP contribution in [0.2, 0.25) is 0 Å². The Kier molecular flexibility index (Phi) is 4.24. The number of rotatable bonds is 0. The minimum atomic E-state index is -5.84. The van der Waals surface area contributed by atoms with Crippen molar-refractivity contribution in [2.45, 2.75) is 5.51 Å². The molecule has 0 spiro atoms. The van der Waals surface area contributed by atoms with Gasteiger partial charge in [-0.1, -0.05) is 0 Å². The summed E-state index contributed by atoms with van der Waals surface area (Å²) in [5.41, 5.74) is -5.53. The van der Waals surface area contributed by atoms with Crippen molar-refractivity contribution in [2.24, 2.45) is 0 Å². The van der Waals surface area contributed by atoms with Crippen LogP contribution in [0.1, 0.15) is 0 Å². The van der Waals surface area contributed by atoms with Gasteiger partial charge in [-0.25, -0.2) is 0 Å². The molecule has 54 valence electrons. The van der Waals surface area contributed by atoms with Crippen LogP contribution in [0.15, 0.2) is 0 Å². The monoisotopic (exact) mass is 330 g/mol. The Hall–Kier alpha value is 0.570. The van der Waals surface area contributed by atoms with Crippen LogP contribution in [0.3, 0.4) is 0 Å². The van der Waals surface area contributed by atoms with Gasteiger partial charge in [0.15, 0.2) is 0 Å². The van der Waals surface area contributed by atoms with Gasteiger partial charge >= 0.3 is 15.6 Å². The molecule has 0 aromatic rings. The van der Waals surface area contributed by atoms with Crippen LogP contribution in [0.4, 0.5) is 13.2 Å². The fraction of sp³-hybridized carbons (Fsp3) is 1.00. The van der Waals surface area contributed by atoms with E-state index >= 15 is 0 Å². The van der Waals surface area contributed by atoms with Gasteiger partial charge in [0.25, 0.3) is 0 Å². The van der Waals surface area contributed by atoms with Crippen LogP contribution in [-0.4, -0.2) is 18.5 Å². The molecule has 9 heavy (non-hydrogen) atoms. The van der Waals surface area contributed by atoms with E-state index in [1.165, 1.54) is 0 Å². The zero-order chi connectivity index (χ0) is 7.00. The van der Waals surface area contributed by atoms with Crippen LogP contribution < -0.4 is 0 Å². The molecule has 0 aliphatic rings. The summed E-state index contributed by atoms with van der Waals surface area (Å²) >= 11 is 0. The van der Waals surface area contributed by atoms with Crippen LogP contribution in [0.25, 0.3) is 0 Å². The number of alkyl halides is 3. The van der Waals surface area contributed by atoms with Gasteiger partial charge in [-0.05, 0) is 0 Å². The molecular weight excluding hydrogens is 328 g/mol. The van der Waals surface area contributed by atoms with E-state index in [-0.39, 0.29) is 25.8 Å². The van der Waals surface area contributed by atoms with Gasteiger partial charge in [-0.15, -0.1) is 0 Å². The Morgan fingerprint density at radius 1 is 1.22 bits per heavy atom. The summed E-state index contributed by atoms with van der Waals surface area (Å²) < 4.78 is 57.5. The Bertz CT molecular complexity index is 168. The molecule has 0 unspecified atom stereocenters. The summed E-state index contributed by atoms with van der Waals surface area (Å²) in [7, 11) is -5.84. The molecule has 0 radical (unpaired) electrons. The van der Waals surface area contributed by atoms with Crippen molar-refractivity contribution in [3.8, 4) is 0 Å². The molecule has 0 saturated carbocycles. The van der Waals surface area contributed by atoms with E-state index in [4.69, 9.17) is 13.0 Å². The zero-order valence-electron chi connectivity index (χ0n) is 3.81. The maximum absolute atomic E-state index is 10.7. The molecule has 0 rings (SSSR count). The molecule has 0 aromatic carbocycles. The summed E-state index contributed by atoms with van der Waals surface area (Å²) in [4.78, 5) is 0. The fourth-order valence-electron chi connectivity index (χ4n) is 0. The zero-order valence-corrected chi connectivity index (χ0v) is 8.22. The van der Waals surface area contributed by atoms with Crippen LogP contribution in [0, 0.1) is 0 Å². The second kappa shape index (κ2) is 3.11. The Labute approximate surface area is 67.8 Å². The van der Waals surface area contributed by atoms with Crippen molar-refractivity contribution in [1.82, 2.24) is 0 Å². The standard InChI is InChI=1S/CHF3O3S.Hf/c2-1(3,4)8(5,6)7;/h(H,5,6,7);. The van der Waals surface area contributed by atoms with Crippen molar-refractivity contribution in [2.75, 3.05) is 0 Å². The van der Waals surface area contributed by atoms with E-state index in [1.54, 1.807) is 0 Å². The van der Waals surface area contributed by atoms with Crippen LogP contribution in [-0.2, 0) is 36.0 Å². The summed E-state index contributed by atoms with van der Waals surface area (Å²) in [5, 5.41) is 0. The van der Waals surface area contributed by atoms with Crippen molar-refractivity contribution >= 4 is 10.1 Å². The second-order valence-electron chi connectivity index (χ2n) is 0.921. The van der Waals surface area contributed by atoms with Crippen molar-refractivity contribution < 1.29 is 52.0 Å². The summed E-state index contributed by atoms with van der Waals surface area (Å²) in [6.45, 7) is 0. The quantitative estimate of drug-likeness (QED) is 0.398. The summed E-state index contributed by atoms with van der Waals surface area (Å²) in [5.74, 6) is 0. The van der Waals surface area contributed by atoms with Gasteiger partial charge in [-0.2, -0.15) is 21.6 Å². The van der Waals surface area contributed by atoms with E-state index in [0.717, 1.165) is 0 Å². The van der Waals surface area contributed by atoms with E-state index < -0.39 is 15.6 Å². The molecule has 8 heteroatoms. The van der Waals surface area contributed by atoms with Gasteiger partial charge < -0.3 is 0 Å². The largest absolute Gasteiger partial charge is 0.522 e. The molecule has 0 amide bonds. The third-order valence-electron chi connectivity index (χ3n) is 0.292. The minimum absolute atomic E-state index is 0. The Balaban J connectivity index is 0. The van der Waals surface area contributed by atoms with Gasteiger partial charge in [0, 0.05) is 25.8 Å². The molecule has 0 aliphatic carbocycles. The predicted octanol–water partition coefficient (Wildman–Crippen LogP) is 0.392. The third kappa shape index (κ3) is 4.04. The number of halogens is 3. The molecule has 0 bridgehead atoms. The summed E-state index contributed by atoms with van der Waals surface area (Å²) in [6, 6.07) is 0. The molecule has 0 atom stereocenters. The fourth-order valence-corrected chi connectivity index (χ4v) is 0. The summed E-state index contributed by atoms with van der Waals surface area (Å²) in [6.07, 6.45) is 0. The van der Waals surface area contributed by atoms with E-state index in [2.05, 4.69) is 0 Å². The smallest absolute Gasteiger partial charge is 0.279 e. The first-order valence-corrected chi connectivity index (χ1v) is 2.73. The van der Waals surface area contributed by atoms with Gasteiger partial charge in [0.1, 0.15) is 0 Å². The first-order chi connectivity index (χ1) is 3.25. The van der Waals surface area contributed by atoms with Gasteiger partial charge in [0.05, 0.1) is 0 Å². The number of hydrogen-bond donors (Lipinski definition) is 1. The predicted molar refractivity (Wildman–Crippen MR) is 17.6 cm³/mol. The third-order valence-corrected chi connectivity index (χ3v) is 0.877. The van der Waals surface area contributed by atoms with Gasteiger partial charge in [-0.3, -0.25) is 4.55 Å². The number of hydrogen-bond acceptors (Lipinski definition) is 2. The van der Waals surface area contributed by atoms with Crippen molar-refractivity contribution in [3.05, 3.63) is 0 Å². The first kappa shape index (κ1) is 12.3. The average Bonchev–Trinajstić information content (AvgIpc) is 1.25. The van der Waals surface area contributed by atoms with Gasteiger partial charge in [0.2, 0.25) is 0 Å². The first-order valence-electron chi connectivity index (χ1n) is 1.29. The molecule has 0 aromatic heterocycles. The van der Waals surface area contributed by atoms with E-state index in [0.29, 0.717) is 0 Å². The molecule has 3 nitrogen and oxygen atoms in total. The second-order valence-corrected chi connectivity index (χ2v) is 2.33. The minimum Gasteiger partial charge on any atom is -0.279 e. The maximum atomic E-state index is 10.7. The maximum Gasteiger partial charge on any atom is 0.522 e. The van der Waals surface area contributed by atoms with E-state index in [1.807, 2.05) is 0 Å². The van der Waals surface area contributed by atoms with Crippen molar-refractivity contribution in [1.29, 1.82) is 0 Å². The van der Waals surface area contributed by atoms with Crippen LogP contribution in [0.5, 0.6) is 0 Å². The molecule has 0 heterocycles. The Morgan fingerprint density at radius 3 is 1.33 bits per heavy atom. The topological polar surface area (TPSA) is 54.4 Å². The molecule has 0 saturated heterocycles. The SMILES string of the molecule is O=S(=O)(O)C(F)(F)F.[Hf]. The molecular formula is CHF3HfO3S. The van der Waals surface area contributed by atoms with E-state index in [9.17, 15) is 13.2 Å². The average molecular weight is 329 g/mol. The van der Waals surface area contributed by atoms with Crippen molar-refractivity contribution in [3.63, 3.8) is 0 Å². The molecule has 1 N–H and O–H groups in total. The normalized spacial score (nSPS) is 12.4. The molecule has 0 fully saturated rings. The van der Waals surface area contributed by atoms with Crippen LogP contribution >= 0.6 is 0 Å². The Morgan fingerprint density at radius 2 is 1.33 bits per heavy atom.